The van der Waals surface area contributed by atoms with Gasteiger partial charge in [-0.3, -0.25) is 10.1 Å². The molecule has 0 aliphatic rings. The number of hydrogen-bond donors (Lipinski definition) is 1. The lowest BCUT2D eigenvalue weighted by Crippen LogP contribution is -2.04. The summed E-state index contributed by atoms with van der Waals surface area (Å²) < 4.78 is 0. The molecule has 0 spiro atoms. The second-order valence-electron chi connectivity index (χ2n) is 4.65. The Morgan fingerprint density at radius 1 is 1.20 bits per heavy atom. The van der Waals surface area contributed by atoms with Crippen LogP contribution in [0.15, 0.2) is 47.4 Å². The zero-order valence-electron chi connectivity index (χ0n) is 11.4. The van der Waals surface area contributed by atoms with Crippen LogP contribution >= 0.6 is 0 Å². The first-order valence-corrected chi connectivity index (χ1v) is 7.93. The second kappa shape index (κ2) is 5.96. The molecule has 0 radical (unpaired) electrons. The summed E-state index contributed by atoms with van der Waals surface area (Å²) in [6.07, 6.45) is 2.13. The molecule has 0 saturated carbocycles. The van der Waals surface area contributed by atoms with Crippen LogP contribution in [0.2, 0.25) is 0 Å². The lowest BCUT2D eigenvalue weighted by Gasteiger charge is -2.05. The van der Waals surface area contributed by atoms with Gasteiger partial charge in [0.05, 0.1) is 4.92 Å². The number of nitro groups is 1. The average molecular weight is 290 g/mol. The van der Waals surface area contributed by atoms with Crippen molar-refractivity contribution >= 4 is 16.6 Å². The molecule has 5 heteroatoms. The highest BCUT2D eigenvalue weighted by Crippen LogP contribution is 2.23. The molecular formula is C15H16NO3S+. The second-order valence-corrected chi connectivity index (χ2v) is 6.69. The maximum Gasteiger partial charge on any atom is 0.269 e. The molecular weight excluding hydrogens is 274 g/mol. The van der Waals surface area contributed by atoms with E-state index in [9.17, 15) is 15.2 Å². The first-order chi connectivity index (χ1) is 9.47. The maximum absolute atomic E-state index is 10.6. The van der Waals surface area contributed by atoms with Crippen LogP contribution in [-0.2, 0) is 16.6 Å². The van der Waals surface area contributed by atoms with Gasteiger partial charge in [-0.25, -0.2) is 0 Å². The zero-order valence-corrected chi connectivity index (χ0v) is 12.2. The summed E-state index contributed by atoms with van der Waals surface area (Å²) in [6, 6.07) is 12.3. The van der Waals surface area contributed by atoms with Gasteiger partial charge in [0, 0.05) is 28.6 Å². The van der Waals surface area contributed by atoms with Gasteiger partial charge < -0.3 is 5.11 Å². The highest BCUT2D eigenvalue weighted by molar-refractivity contribution is 7.95. The van der Waals surface area contributed by atoms with Crippen LogP contribution in [0, 0.1) is 17.0 Å². The molecule has 20 heavy (non-hydrogen) atoms. The molecule has 1 atom stereocenters. The number of rotatable bonds is 4. The van der Waals surface area contributed by atoms with Gasteiger partial charge in [-0.2, -0.15) is 0 Å². The first-order valence-electron chi connectivity index (χ1n) is 6.13. The summed E-state index contributed by atoms with van der Waals surface area (Å²) in [7, 11) is -0.00121. The molecule has 104 valence electrons. The van der Waals surface area contributed by atoms with Gasteiger partial charge >= 0.3 is 0 Å². The number of benzene rings is 2. The minimum Gasteiger partial charge on any atom is -0.508 e. The topological polar surface area (TPSA) is 63.4 Å². The Bertz CT molecular complexity index is 626. The third kappa shape index (κ3) is 3.30. The largest absolute Gasteiger partial charge is 0.508 e. The van der Waals surface area contributed by atoms with E-state index in [1.807, 2.05) is 19.1 Å². The molecule has 2 aromatic carbocycles. The van der Waals surface area contributed by atoms with Crippen LogP contribution in [-0.4, -0.2) is 16.3 Å². The van der Waals surface area contributed by atoms with Gasteiger partial charge in [-0.15, -0.1) is 0 Å². The molecule has 0 aromatic heterocycles. The van der Waals surface area contributed by atoms with Gasteiger partial charge in [0.1, 0.15) is 17.8 Å². The number of hydrogen-bond acceptors (Lipinski definition) is 3. The van der Waals surface area contributed by atoms with Crippen molar-refractivity contribution in [3.63, 3.8) is 0 Å². The quantitative estimate of drug-likeness (QED) is 0.533. The van der Waals surface area contributed by atoms with E-state index in [4.69, 9.17) is 0 Å². The molecule has 0 heterocycles. The number of aromatic hydroxyl groups is 1. The molecule has 0 aliphatic carbocycles. The van der Waals surface area contributed by atoms with E-state index in [1.165, 1.54) is 17.0 Å². The van der Waals surface area contributed by atoms with Crippen LogP contribution in [0.4, 0.5) is 5.69 Å². The molecule has 0 saturated heterocycles. The minimum absolute atomic E-state index is 0.00121. The third-order valence-electron chi connectivity index (χ3n) is 3.10. The van der Waals surface area contributed by atoms with Gasteiger partial charge in [-0.1, -0.05) is 0 Å². The number of nitro benzene ring substituents is 1. The molecule has 0 amide bonds. The fourth-order valence-electron chi connectivity index (χ4n) is 1.89. The highest BCUT2D eigenvalue weighted by atomic mass is 32.2. The number of phenolic OH excluding ortho intramolecular Hbond substituents is 1. The SMILES string of the molecule is Cc1cc([S+](C)Cc2ccc([N+](=O)[O-])cc2)ccc1O. The monoisotopic (exact) mass is 290 g/mol. The Morgan fingerprint density at radius 3 is 2.40 bits per heavy atom. The fourth-order valence-corrected chi connectivity index (χ4v) is 3.43. The van der Waals surface area contributed by atoms with E-state index in [0.29, 0.717) is 5.75 Å². The number of aryl methyl sites for hydroxylation is 1. The predicted octanol–water partition coefficient (Wildman–Crippen LogP) is 3.42. The van der Waals surface area contributed by atoms with Gasteiger partial charge in [-0.05, 0) is 42.8 Å². The van der Waals surface area contributed by atoms with Crippen molar-refractivity contribution < 1.29 is 10.0 Å². The summed E-state index contributed by atoms with van der Waals surface area (Å²) in [5.41, 5.74) is 2.06. The van der Waals surface area contributed by atoms with Crippen LogP contribution in [0.1, 0.15) is 11.1 Å². The molecule has 0 fully saturated rings. The number of phenols is 1. The normalized spacial score (nSPS) is 12.1. The molecule has 1 N–H and O–H groups in total. The van der Waals surface area contributed by atoms with Crippen molar-refractivity contribution in [2.75, 3.05) is 6.26 Å². The van der Waals surface area contributed by atoms with Crippen molar-refractivity contribution in [3.8, 4) is 5.75 Å². The van der Waals surface area contributed by atoms with Crippen molar-refractivity contribution in [1.82, 2.24) is 0 Å². The number of nitrogens with zero attached hydrogens (tertiary/aromatic N) is 1. The van der Waals surface area contributed by atoms with E-state index in [2.05, 4.69) is 6.26 Å². The van der Waals surface area contributed by atoms with Gasteiger partial charge in [0.25, 0.3) is 5.69 Å². The Balaban J connectivity index is 2.12. The summed E-state index contributed by atoms with van der Waals surface area (Å²) in [6.45, 7) is 1.88. The lowest BCUT2D eigenvalue weighted by molar-refractivity contribution is -0.384. The fraction of sp³-hybridized carbons (Fsp3) is 0.200. The Hall–Kier alpha value is -2.01. The summed E-state index contributed by atoms with van der Waals surface area (Å²) >= 11 is 0. The molecule has 2 aromatic rings. The average Bonchev–Trinajstić information content (AvgIpc) is 2.42. The summed E-state index contributed by atoms with van der Waals surface area (Å²) in [4.78, 5) is 11.4. The van der Waals surface area contributed by atoms with Crippen molar-refractivity contribution in [3.05, 3.63) is 63.7 Å². The summed E-state index contributed by atoms with van der Waals surface area (Å²) in [5, 5.41) is 20.1. The first kappa shape index (κ1) is 14.4. The van der Waals surface area contributed by atoms with Gasteiger partial charge in [0.15, 0.2) is 4.90 Å². The zero-order chi connectivity index (χ0) is 14.7. The van der Waals surface area contributed by atoms with Crippen LogP contribution in [0.5, 0.6) is 5.75 Å². The highest BCUT2D eigenvalue weighted by Gasteiger charge is 2.17. The Morgan fingerprint density at radius 2 is 1.85 bits per heavy atom. The molecule has 2 rings (SSSR count). The van der Waals surface area contributed by atoms with E-state index >= 15 is 0 Å². The smallest absolute Gasteiger partial charge is 0.269 e. The van der Waals surface area contributed by atoms with E-state index in [0.717, 1.165) is 16.9 Å². The van der Waals surface area contributed by atoms with E-state index < -0.39 is 4.92 Å². The maximum atomic E-state index is 10.6. The van der Waals surface area contributed by atoms with E-state index in [-0.39, 0.29) is 16.6 Å². The molecule has 1 unspecified atom stereocenters. The Kier molecular flexibility index (Phi) is 4.29. The molecule has 0 aliphatic heterocycles. The minimum atomic E-state index is -0.390. The predicted molar refractivity (Wildman–Crippen MR) is 81.2 cm³/mol. The lowest BCUT2D eigenvalue weighted by atomic mass is 10.2. The van der Waals surface area contributed by atoms with Crippen LogP contribution < -0.4 is 0 Å². The number of non-ortho nitro benzene ring substituents is 1. The van der Waals surface area contributed by atoms with Crippen LogP contribution in [0.25, 0.3) is 0 Å². The molecule has 0 bridgehead atoms. The van der Waals surface area contributed by atoms with Crippen molar-refractivity contribution in [1.29, 1.82) is 0 Å². The standard InChI is InChI=1S/C15H15NO3S/c1-11-9-14(7-8-15(11)17)20(2)10-12-3-5-13(6-4-12)16(18)19/h3-9H,10H2,1-2H3/p+1. The molecule has 4 nitrogen and oxygen atoms in total. The van der Waals surface area contributed by atoms with Crippen molar-refractivity contribution in [2.45, 2.75) is 17.6 Å². The Labute approximate surface area is 120 Å². The summed E-state index contributed by atoms with van der Waals surface area (Å²) in [5.74, 6) is 1.14. The third-order valence-corrected chi connectivity index (χ3v) is 4.93. The van der Waals surface area contributed by atoms with Crippen LogP contribution in [0.3, 0.4) is 0 Å². The van der Waals surface area contributed by atoms with E-state index in [1.54, 1.807) is 18.2 Å². The van der Waals surface area contributed by atoms with Crippen molar-refractivity contribution in [2.24, 2.45) is 0 Å². The van der Waals surface area contributed by atoms with Gasteiger partial charge in [0.2, 0.25) is 0 Å².